The minimum Gasteiger partial charge on any atom is -0.504 e. The second kappa shape index (κ2) is 4.31. The number of ether oxygens (including phenoxy) is 2. The zero-order valence-corrected chi connectivity index (χ0v) is 11.0. The van der Waals surface area contributed by atoms with Crippen LogP contribution in [0.3, 0.4) is 0 Å². The molecule has 0 aromatic heterocycles. The highest BCUT2D eigenvalue weighted by Crippen LogP contribution is 2.42. The minimum absolute atomic E-state index is 0.134. The van der Waals surface area contributed by atoms with Crippen molar-refractivity contribution in [3.63, 3.8) is 0 Å². The summed E-state index contributed by atoms with van der Waals surface area (Å²) in [5.41, 5.74) is 3.23. The summed E-state index contributed by atoms with van der Waals surface area (Å²) in [6, 6.07) is 11.2. The molecule has 0 atom stereocenters. The number of allylic oxidation sites excluding steroid dienone is 1. The maximum absolute atomic E-state index is 10.2. The van der Waals surface area contributed by atoms with E-state index in [2.05, 4.69) is 0 Å². The molecule has 1 aliphatic heterocycles. The number of aliphatic hydroxyl groups is 2. The zero-order chi connectivity index (χ0) is 14.4. The first-order valence-electron chi connectivity index (χ1n) is 6.58. The lowest BCUT2D eigenvalue weighted by Crippen LogP contribution is -1.96. The molecule has 2 aromatic carbocycles. The van der Waals surface area contributed by atoms with Crippen LogP contribution in [0.1, 0.15) is 11.1 Å². The zero-order valence-electron chi connectivity index (χ0n) is 11.0. The fraction of sp³-hybridized carbons (Fsp3) is 0.0588. The van der Waals surface area contributed by atoms with Crippen LogP contribution in [0, 0.1) is 0 Å². The minimum atomic E-state index is -0.161. The molecular weight excluding hydrogens is 268 g/mol. The van der Waals surface area contributed by atoms with Gasteiger partial charge in [-0.2, -0.15) is 0 Å². The van der Waals surface area contributed by atoms with Crippen LogP contribution in [-0.2, 0) is 0 Å². The van der Waals surface area contributed by atoms with Crippen molar-refractivity contribution in [1.29, 1.82) is 0 Å². The van der Waals surface area contributed by atoms with Crippen LogP contribution in [0.25, 0.3) is 23.0 Å². The summed E-state index contributed by atoms with van der Waals surface area (Å²) in [5.74, 6) is 1.07. The molecule has 21 heavy (non-hydrogen) atoms. The molecule has 2 N–H and O–H groups in total. The summed E-state index contributed by atoms with van der Waals surface area (Å²) in [5, 5.41) is 20.1. The van der Waals surface area contributed by atoms with E-state index in [1.807, 2.05) is 30.3 Å². The Balaban J connectivity index is 2.05. The van der Waals surface area contributed by atoms with E-state index in [9.17, 15) is 10.2 Å². The van der Waals surface area contributed by atoms with Crippen molar-refractivity contribution in [3.05, 3.63) is 59.4 Å². The van der Waals surface area contributed by atoms with Gasteiger partial charge in [0.25, 0.3) is 0 Å². The maximum atomic E-state index is 10.2. The average molecular weight is 280 g/mol. The lowest BCUT2D eigenvalue weighted by Gasteiger charge is -2.15. The second-order valence-corrected chi connectivity index (χ2v) is 4.91. The first kappa shape index (κ1) is 11.9. The fourth-order valence-electron chi connectivity index (χ4n) is 2.64. The predicted molar refractivity (Wildman–Crippen MR) is 79.2 cm³/mol. The normalized spacial score (nSPS) is 15.2. The molecular formula is C17H12O4. The van der Waals surface area contributed by atoms with Gasteiger partial charge in [-0.05, 0) is 34.9 Å². The van der Waals surface area contributed by atoms with Gasteiger partial charge in [0.15, 0.2) is 23.0 Å². The van der Waals surface area contributed by atoms with Crippen LogP contribution in [0.15, 0.2) is 48.2 Å². The average Bonchev–Trinajstić information content (AvgIpc) is 2.97. The smallest absolute Gasteiger partial charge is 0.231 e. The summed E-state index contributed by atoms with van der Waals surface area (Å²) in [6.45, 7) is 0.207. The van der Waals surface area contributed by atoms with E-state index < -0.39 is 0 Å². The Kier molecular flexibility index (Phi) is 2.44. The van der Waals surface area contributed by atoms with Crippen molar-refractivity contribution >= 4 is 11.8 Å². The highest BCUT2D eigenvalue weighted by molar-refractivity contribution is 5.88. The van der Waals surface area contributed by atoms with Crippen molar-refractivity contribution in [2.24, 2.45) is 0 Å². The molecule has 2 aromatic rings. The largest absolute Gasteiger partial charge is 0.504 e. The lowest BCUT2D eigenvalue weighted by atomic mass is 9.92. The number of rotatable bonds is 0. The molecule has 104 valence electrons. The summed E-state index contributed by atoms with van der Waals surface area (Å²) >= 11 is 0. The van der Waals surface area contributed by atoms with Crippen molar-refractivity contribution in [1.82, 2.24) is 0 Å². The van der Waals surface area contributed by atoms with E-state index in [1.165, 1.54) is 6.08 Å². The summed E-state index contributed by atoms with van der Waals surface area (Å²) in [4.78, 5) is 0. The first-order chi connectivity index (χ1) is 10.2. The van der Waals surface area contributed by atoms with Crippen molar-refractivity contribution < 1.29 is 19.7 Å². The molecule has 0 spiro atoms. The maximum Gasteiger partial charge on any atom is 0.231 e. The van der Waals surface area contributed by atoms with Crippen LogP contribution in [0.2, 0.25) is 0 Å². The van der Waals surface area contributed by atoms with Crippen LogP contribution < -0.4 is 9.47 Å². The fourth-order valence-corrected chi connectivity index (χ4v) is 2.64. The lowest BCUT2D eigenvalue weighted by molar-refractivity contribution is 0.174. The summed E-state index contributed by atoms with van der Waals surface area (Å²) in [6.07, 6.45) is 3.23. The number of benzene rings is 2. The van der Waals surface area contributed by atoms with Crippen molar-refractivity contribution in [2.45, 2.75) is 0 Å². The Bertz CT molecular complexity index is 802. The predicted octanol–water partition coefficient (Wildman–Crippen LogP) is 3.89. The molecule has 0 fully saturated rings. The number of aliphatic hydroxyl groups excluding tert-OH is 2. The molecule has 0 radical (unpaired) electrons. The molecule has 0 bridgehead atoms. The van der Waals surface area contributed by atoms with E-state index >= 15 is 0 Å². The summed E-state index contributed by atoms with van der Waals surface area (Å²) in [7, 11) is 0. The van der Waals surface area contributed by atoms with Gasteiger partial charge in [0.1, 0.15) is 0 Å². The van der Waals surface area contributed by atoms with Gasteiger partial charge in [0.2, 0.25) is 6.79 Å². The number of hydrogen-bond donors (Lipinski definition) is 2. The van der Waals surface area contributed by atoms with E-state index in [1.54, 1.807) is 12.1 Å². The van der Waals surface area contributed by atoms with E-state index in [0.29, 0.717) is 17.1 Å². The van der Waals surface area contributed by atoms with Gasteiger partial charge >= 0.3 is 0 Å². The van der Waals surface area contributed by atoms with Gasteiger partial charge in [0.05, 0.1) is 0 Å². The molecule has 0 saturated heterocycles. The quantitative estimate of drug-likeness (QED) is 0.768. The SMILES string of the molecule is OC1=C(O)c2ccccc2-c2cc3c(cc2C=C1)OCO3. The Morgan fingerprint density at radius 1 is 0.810 bits per heavy atom. The first-order valence-corrected chi connectivity index (χ1v) is 6.58. The monoisotopic (exact) mass is 280 g/mol. The van der Waals surface area contributed by atoms with E-state index in [-0.39, 0.29) is 18.3 Å². The molecule has 4 rings (SSSR count). The van der Waals surface area contributed by atoms with Crippen molar-refractivity contribution in [2.75, 3.05) is 6.79 Å². The molecule has 1 heterocycles. The third kappa shape index (κ3) is 1.76. The van der Waals surface area contributed by atoms with E-state index in [0.717, 1.165) is 16.7 Å². The molecule has 2 aliphatic rings. The number of fused-ring (bicyclic) bond motifs is 4. The van der Waals surface area contributed by atoms with Gasteiger partial charge in [-0.3, -0.25) is 0 Å². The highest BCUT2D eigenvalue weighted by Gasteiger charge is 2.21. The molecule has 0 amide bonds. The van der Waals surface area contributed by atoms with Gasteiger partial charge < -0.3 is 19.7 Å². The molecule has 0 unspecified atom stereocenters. The molecule has 0 saturated carbocycles. The second-order valence-electron chi connectivity index (χ2n) is 4.91. The van der Waals surface area contributed by atoms with Crippen LogP contribution in [0.4, 0.5) is 0 Å². The van der Waals surface area contributed by atoms with Gasteiger partial charge in [-0.1, -0.05) is 30.3 Å². The van der Waals surface area contributed by atoms with Crippen LogP contribution >= 0.6 is 0 Å². The molecule has 1 aliphatic carbocycles. The standard InChI is InChI=1S/C17H12O4/c18-14-6-5-10-7-15-16(21-9-20-15)8-13(10)11-3-1-2-4-12(11)17(14)19/h1-8,18-19H,9H2. The Labute approximate surface area is 121 Å². The third-order valence-electron chi connectivity index (χ3n) is 3.68. The molecule has 4 heteroatoms. The van der Waals surface area contributed by atoms with Crippen LogP contribution in [0.5, 0.6) is 11.5 Å². The Morgan fingerprint density at radius 3 is 2.33 bits per heavy atom. The van der Waals surface area contributed by atoms with Gasteiger partial charge in [-0.25, -0.2) is 0 Å². The molecule has 4 nitrogen and oxygen atoms in total. The number of hydrogen-bond acceptors (Lipinski definition) is 4. The Morgan fingerprint density at radius 2 is 1.52 bits per heavy atom. The van der Waals surface area contributed by atoms with Crippen LogP contribution in [-0.4, -0.2) is 17.0 Å². The third-order valence-corrected chi connectivity index (χ3v) is 3.68. The summed E-state index contributed by atoms with van der Waals surface area (Å²) < 4.78 is 10.8. The van der Waals surface area contributed by atoms with E-state index in [4.69, 9.17) is 9.47 Å². The van der Waals surface area contributed by atoms with Gasteiger partial charge in [0, 0.05) is 5.56 Å². The van der Waals surface area contributed by atoms with Crippen molar-refractivity contribution in [3.8, 4) is 22.6 Å². The Hall–Kier alpha value is -2.88. The van der Waals surface area contributed by atoms with Gasteiger partial charge in [-0.15, -0.1) is 0 Å². The topological polar surface area (TPSA) is 58.9 Å². The highest BCUT2D eigenvalue weighted by atomic mass is 16.7.